The lowest BCUT2D eigenvalue weighted by Crippen LogP contribution is -2.02. The Balaban J connectivity index is 2.47. The molecule has 0 aliphatic heterocycles. The number of hydrogen-bond donors (Lipinski definition) is 0. The van der Waals surface area contributed by atoms with Crippen LogP contribution in [0, 0.1) is 6.92 Å². The summed E-state index contributed by atoms with van der Waals surface area (Å²) in [5.41, 5.74) is 3.74. The minimum Gasteiger partial charge on any atom is -0.294 e. The fraction of sp³-hybridized carbons (Fsp3) is 0.200. The molecule has 2 aromatic rings. The van der Waals surface area contributed by atoms with Crippen LogP contribution in [0.2, 0.25) is 0 Å². The van der Waals surface area contributed by atoms with E-state index in [4.69, 9.17) is 0 Å². The Labute approximate surface area is 91.0 Å². The molecule has 0 atom stereocenters. The number of thiazole rings is 1. The number of Topliss-reactive ketones (excluding diaryl/α,β-unsaturated/α-hetero) is 1. The van der Waals surface area contributed by atoms with Gasteiger partial charge in [0.25, 0.3) is 0 Å². The number of hydrogen-bond acceptors (Lipinski definition) is 5. The third-order valence-corrected chi connectivity index (χ3v) is 2.61. The van der Waals surface area contributed by atoms with Gasteiger partial charge in [-0.25, -0.2) is 15.0 Å². The number of aromatic nitrogens is 3. The minimum absolute atomic E-state index is 0.0164. The molecule has 0 N–H and O–H groups in total. The second kappa shape index (κ2) is 3.86. The molecule has 76 valence electrons. The molecule has 0 bridgehead atoms. The summed E-state index contributed by atoms with van der Waals surface area (Å²) in [6, 6.07) is 0. The van der Waals surface area contributed by atoms with Crippen LogP contribution in [0.15, 0.2) is 17.1 Å². The van der Waals surface area contributed by atoms with Gasteiger partial charge < -0.3 is 0 Å². The topological polar surface area (TPSA) is 55.7 Å². The van der Waals surface area contributed by atoms with Crippen LogP contribution in [0.25, 0.3) is 11.5 Å². The average Bonchev–Trinajstić information content (AvgIpc) is 2.69. The number of nitrogens with zero attached hydrogens (tertiary/aromatic N) is 3. The van der Waals surface area contributed by atoms with E-state index in [0.717, 1.165) is 5.69 Å². The number of ketones is 1. The quantitative estimate of drug-likeness (QED) is 0.726. The highest BCUT2D eigenvalue weighted by Crippen LogP contribution is 2.15. The van der Waals surface area contributed by atoms with Crippen molar-refractivity contribution in [1.82, 2.24) is 15.0 Å². The number of carbonyl (C=O) groups excluding carboxylic acids is 1. The first-order valence-electron chi connectivity index (χ1n) is 4.41. The minimum atomic E-state index is -0.0164. The lowest BCUT2D eigenvalue weighted by molar-refractivity contribution is 0.101. The fourth-order valence-corrected chi connectivity index (χ4v) is 1.79. The largest absolute Gasteiger partial charge is 0.294 e. The molecular weight excluding hydrogens is 210 g/mol. The molecule has 0 saturated carbocycles. The first-order valence-corrected chi connectivity index (χ1v) is 5.36. The van der Waals surface area contributed by atoms with Crippen molar-refractivity contribution < 1.29 is 4.79 Å². The van der Waals surface area contributed by atoms with Gasteiger partial charge in [-0.05, 0) is 13.8 Å². The second-order valence-electron chi connectivity index (χ2n) is 3.12. The molecule has 0 aromatic carbocycles. The molecule has 2 aromatic heterocycles. The maximum Gasteiger partial charge on any atom is 0.179 e. The summed E-state index contributed by atoms with van der Waals surface area (Å²) in [4.78, 5) is 23.6. The summed E-state index contributed by atoms with van der Waals surface area (Å²) in [6.07, 6.45) is 1.55. The van der Waals surface area contributed by atoms with Crippen molar-refractivity contribution in [2.75, 3.05) is 0 Å². The molecule has 0 aliphatic carbocycles. The Bertz CT molecular complexity index is 493. The normalized spacial score (nSPS) is 10.3. The van der Waals surface area contributed by atoms with Gasteiger partial charge >= 0.3 is 0 Å². The second-order valence-corrected chi connectivity index (χ2v) is 3.84. The van der Waals surface area contributed by atoms with Crippen molar-refractivity contribution in [3.05, 3.63) is 28.3 Å². The zero-order valence-electron chi connectivity index (χ0n) is 8.39. The summed E-state index contributed by atoms with van der Waals surface area (Å²) in [7, 11) is 0. The number of rotatable bonds is 2. The van der Waals surface area contributed by atoms with Crippen LogP contribution >= 0.6 is 11.3 Å². The first kappa shape index (κ1) is 9.92. The summed E-state index contributed by atoms with van der Waals surface area (Å²) in [5, 5.41) is 1.88. The highest BCUT2D eigenvalue weighted by molar-refractivity contribution is 7.07. The molecular formula is C10H9N3OS. The van der Waals surface area contributed by atoms with Gasteiger partial charge in [-0.3, -0.25) is 4.79 Å². The lowest BCUT2D eigenvalue weighted by Gasteiger charge is -2.01. The molecule has 0 amide bonds. The van der Waals surface area contributed by atoms with E-state index in [2.05, 4.69) is 15.0 Å². The molecule has 2 heterocycles. The van der Waals surface area contributed by atoms with Crippen molar-refractivity contribution in [1.29, 1.82) is 0 Å². The Hall–Kier alpha value is -1.62. The van der Waals surface area contributed by atoms with Crippen molar-refractivity contribution >= 4 is 17.1 Å². The Morgan fingerprint density at radius 3 is 2.73 bits per heavy atom. The van der Waals surface area contributed by atoms with E-state index in [9.17, 15) is 4.79 Å². The van der Waals surface area contributed by atoms with Crippen LogP contribution in [-0.2, 0) is 0 Å². The molecule has 15 heavy (non-hydrogen) atoms. The van der Waals surface area contributed by atoms with Gasteiger partial charge in [0, 0.05) is 11.6 Å². The number of carbonyl (C=O) groups is 1. The van der Waals surface area contributed by atoms with Crippen LogP contribution in [0.4, 0.5) is 0 Å². The van der Waals surface area contributed by atoms with Crippen molar-refractivity contribution in [3.63, 3.8) is 0 Å². The standard InChI is InChI=1S/C10H9N3OS/c1-6-8(7(2)14)3-11-10(13-6)9-4-15-5-12-9/h3-5H,1-2H3. The van der Waals surface area contributed by atoms with E-state index in [1.807, 2.05) is 5.38 Å². The third-order valence-electron chi connectivity index (χ3n) is 2.02. The highest BCUT2D eigenvalue weighted by atomic mass is 32.1. The smallest absolute Gasteiger partial charge is 0.179 e. The van der Waals surface area contributed by atoms with Gasteiger partial charge in [0.05, 0.1) is 16.8 Å². The lowest BCUT2D eigenvalue weighted by atomic mass is 10.2. The molecule has 2 rings (SSSR count). The number of aryl methyl sites for hydroxylation is 1. The molecule has 4 nitrogen and oxygen atoms in total. The van der Waals surface area contributed by atoms with E-state index in [-0.39, 0.29) is 5.78 Å². The van der Waals surface area contributed by atoms with Crippen molar-refractivity contribution in [2.45, 2.75) is 13.8 Å². The zero-order chi connectivity index (χ0) is 10.8. The Kier molecular flexibility index (Phi) is 2.55. The van der Waals surface area contributed by atoms with E-state index in [1.165, 1.54) is 18.3 Å². The van der Waals surface area contributed by atoms with Crippen LogP contribution in [0.5, 0.6) is 0 Å². The van der Waals surface area contributed by atoms with E-state index >= 15 is 0 Å². The van der Waals surface area contributed by atoms with Crippen LogP contribution in [-0.4, -0.2) is 20.7 Å². The highest BCUT2D eigenvalue weighted by Gasteiger charge is 2.09. The molecule has 0 fully saturated rings. The van der Waals surface area contributed by atoms with Gasteiger partial charge in [-0.2, -0.15) is 0 Å². The molecule has 0 radical (unpaired) electrons. The fourth-order valence-electron chi connectivity index (χ4n) is 1.26. The Morgan fingerprint density at radius 2 is 2.20 bits per heavy atom. The predicted molar refractivity (Wildman–Crippen MR) is 57.9 cm³/mol. The molecule has 0 saturated heterocycles. The molecule has 0 unspecified atom stereocenters. The SMILES string of the molecule is CC(=O)c1cnc(-c2cscn2)nc1C. The molecule has 0 aliphatic rings. The van der Waals surface area contributed by atoms with Crippen LogP contribution < -0.4 is 0 Å². The van der Waals surface area contributed by atoms with E-state index in [0.29, 0.717) is 17.1 Å². The summed E-state index contributed by atoms with van der Waals surface area (Å²) >= 11 is 1.49. The van der Waals surface area contributed by atoms with Gasteiger partial charge in [0.2, 0.25) is 0 Å². The average molecular weight is 219 g/mol. The maximum atomic E-state index is 11.2. The zero-order valence-corrected chi connectivity index (χ0v) is 9.21. The van der Waals surface area contributed by atoms with Gasteiger partial charge in [-0.15, -0.1) is 11.3 Å². The van der Waals surface area contributed by atoms with Crippen molar-refractivity contribution in [3.8, 4) is 11.5 Å². The van der Waals surface area contributed by atoms with Gasteiger partial charge in [-0.1, -0.05) is 0 Å². The molecule has 5 heteroatoms. The first-order chi connectivity index (χ1) is 7.18. The van der Waals surface area contributed by atoms with Crippen LogP contribution in [0.1, 0.15) is 23.0 Å². The van der Waals surface area contributed by atoms with E-state index < -0.39 is 0 Å². The Morgan fingerprint density at radius 1 is 1.40 bits per heavy atom. The predicted octanol–water partition coefficient (Wildman–Crippen LogP) is 2.11. The summed E-state index contributed by atoms with van der Waals surface area (Å²) in [6.45, 7) is 3.31. The summed E-state index contributed by atoms with van der Waals surface area (Å²) in [5.74, 6) is 0.552. The van der Waals surface area contributed by atoms with Crippen molar-refractivity contribution in [2.24, 2.45) is 0 Å². The third kappa shape index (κ3) is 1.92. The van der Waals surface area contributed by atoms with E-state index in [1.54, 1.807) is 18.6 Å². The monoisotopic (exact) mass is 219 g/mol. The van der Waals surface area contributed by atoms with Crippen LogP contribution in [0.3, 0.4) is 0 Å². The maximum absolute atomic E-state index is 11.2. The van der Waals surface area contributed by atoms with Gasteiger partial charge in [0.1, 0.15) is 5.69 Å². The summed E-state index contributed by atoms with van der Waals surface area (Å²) < 4.78 is 0. The van der Waals surface area contributed by atoms with Gasteiger partial charge in [0.15, 0.2) is 11.6 Å². The molecule has 0 spiro atoms.